The predicted molar refractivity (Wildman–Crippen MR) is 527 cm³/mol. The van der Waals surface area contributed by atoms with Crippen LogP contribution in [0.4, 0.5) is 56.0 Å². The van der Waals surface area contributed by atoms with Crippen molar-refractivity contribution in [2.45, 2.75) is 123 Å². The van der Waals surface area contributed by atoms with Crippen LogP contribution in [0.1, 0.15) is 163 Å². The first-order valence-electron chi connectivity index (χ1n) is 41.5. The molecule has 25 nitrogen and oxygen atoms in total. The molecule has 1 saturated heterocycles. The minimum Gasteiger partial charge on any atom is -0.399 e. The van der Waals surface area contributed by atoms with E-state index in [0.717, 1.165) is 64.5 Å². The summed E-state index contributed by atoms with van der Waals surface area (Å²) in [4.78, 5) is 51.4. The molecule has 2 unspecified atom stereocenters. The van der Waals surface area contributed by atoms with Crippen molar-refractivity contribution in [3.8, 4) is 52.8 Å². The molecule has 2 aliphatic heterocycles. The van der Waals surface area contributed by atoms with Crippen LogP contribution < -0.4 is 32.3 Å². The Hall–Kier alpha value is -14.5. The van der Waals surface area contributed by atoms with Crippen LogP contribution in [0.25, 0.3) is 44.8 Å². The van der Waals surface area contributed by atoms with Crippen molar-refractivity contribution in [3.05, 3.63) is 357 Å². The molecule has 0 amide bonds. The predicted octanol–water partition coefficient (Wildman–Crippen LogP) is 26.3. The SMILES string of the molecule is CC(C)c1cc(C(C)C)c2c(c1)C(C)[P+](C(C)(C)C)(C(C)(C)C)c1ccccc1-2.N#Cc1cccc(-n2cnc3ccc(Cl)nc32)c1.N#Cc1cccc(-n2cnc3ccc(N4CCCC4c4cccc(F)c4)nc32)c1.N#Cc1cccc(N)c1.N#Cc1cccc(Nc2nc(Cl)ccc2N)c1.N#Cc1cccc(Nc2nc(Cl)ccc2[N+](=O)[O-])c1.O=[N+]([O-])c1ccc(Cl)nc1Cl. The molecule has 0 aliphatic carbocycles. The van der Waals surface area contributed by atoms with E-state index in [-0.39, 0.29) is 54.8 Å². The molecule has 8 aromatic carbocycles. The fourth-order valence-electron chi connectivity index (χ4n) is 16.3. The Kier molecular flexibility index (Phi) is 32.5. The van der Waals surface area contributed by atoms with E-state index in [0.29, 0.717) is 84.1 Å². The molecule has 2 atom stereocenters. The van der Waals surface area contributed by atoms with E-state index >= 15 is 0 Å². The standard InChI is InChI=1S/C28H42P.C23H18FN5.C13H7ClN4.C12H7ClN4O2.C12H9ClN4.C7H6N2.C5H2Cl2N2O2/c1-18(2)21-16-23(19(3)4)26-22-14-12-13-15-25(22)29(27(6,7)8,28(9,10)11)20(5)24(26)17-21;24-18-6-2-5-17(13-18)21-8-3-11-28(21)22-10-9-20-23(27-22)29(15-26-20)19-7-1-4-16(12-19)14-25;14-12-5-4-11-13(17-12)18(8-16-11)10-3-1-2-9(6-10)7-15;13-11-5-4-10(17(18)19)12(16-11)15-9-3-1-2-8(6-9)7-14;13-11-5-4-10(15)12(17-11)16-9-3-1-2-8(6-9)7-14;8-5-6-2-1-3-7(9)4-6;6-4-2-1-3(9(10)11)5(7)8-4/h12-20H,1-11H3;1-2,4-7,9-10,12-13,15,21H,3,8,11H2;1-6,8H;1-6H,(H,15,16);1-6H,15H2,(H,16,17);1-4H,9H2;1-2H/q+1;;;;;;. The summed E-state index contributed by atoms with van der Waals surface area (Å²) in [5.74, 6) is 2.23. The van der Waals surface area contributed by atoms with Crippen molar-refractivity contribution in [1.82, 2.24) is 44.0 Å². The summed E-state index contributed by atoms with van der Waals surface area (Å²) >= 11 is 28.2. The molecule has 32 heteroatoms. The Bertz CT molecular complexity index is 6970. The van der Waals surface area contributed by atoms with Crippen LogP contribution in [-0.2, 0) is 0 Å². The normalized spacial score (nSPS) is 13.1. The Morgan fingerprint density at radius 2 is 0.985 bits per heavy atom. The lowest BCUT2D eigenvalue weighted by Gasteiger charge is -2.53. The molecule has 0 radical (unpaired) electrons. The third-order valence-electron chi connectivity index (χ3n) is 21.7. The maximum absolute atomic E-state index is 13.8. The number of hydrogen-bond donors (Lipinski definition) is 4. The molecule has 15 aromatic rings. The fraction of sp³-hybridized carbons (Fsp3) is 0.200. The molecule has 0 spiro atoms. The van der Waals surface area contributed by atoms with E-state index in [1.54, 1.807) is 139 Å². The van der Waals surface area contributed by atoms with Gasteiger partial charge in [-0.1, -0.05) is 158 Å². The number of nitro groups is 2. The first kappa shape index (κ1) is 98.1. The Balaban J connectivity index is 0.000000153. The average molecular weight is 1880 g/mol. The number of fused-ring (bicyclic) bond motifs is 5. The largest absolute Gasteiger partial charge is 0.399 e. The maximum atomic E-state index is 13.8. The van der Waals surface area contributed by atoms with Gasteiger partial charge < -0.3 is 27.0 Å². The van der Waals surface area contributed by atoms with Crippen LogP contribution in [0.5, 0.6) is 0 Å². The molecule has 1 fully saturated rings. The molecule has 0 bridgehead atoms. The summed E-state index contributed by atoms with van der Waals surface area (Å²) in [6.07, 6.45) is 5.40. The number of rotatable bonds is 12. The highest BCUT2D eigenvalue weighted by molar-refractivity contribution is 7.86. The summed E-state index contributed by atoms with van der Waals surface area (Å²) in [6, 6.07) is 82.6. The van der Waals surface area contributed by atoms with Gasteiger partial charge in [-0.15, -0.1) is 0 Å². The zero-order valence-electron chi connectivity index (χ0n) is 73.8. The number of nitrogens with two attached hydrogens (primary N) is 2. The van der Waals surface area contributed by atoms with Gasteiger partial charge in [-0.25, -0.2) is 39.3 Å². The highest BCUT2D eigenvalue weighted by atomic mass is 35.5. The minimum absolute atomic E-state index is 0.0348. The fourth-order valence-corrected chi connectivity index (χ4v) is 24.8. The van der Waals surface area contributed by atoms with Gasteiger partial charge in [0.05, 0.1) is 103 Å². The Labute approximate surface area is 790 Å². The second kappa shape index (κ2) is 43.7. The smallest absolute Gasteiger partial charge is 0.311 e. The highest BCUT2D eigenvalue weighted by Gasteiger charge is 2.66. The van der Waals surface area contributed by atoms with Crippen LogP contribution in [0.3, 0.4) is 0 Å². The van der Waals surface area contributed by atoms with E-state index in [9.17, 15) is 29.9 Å². The molecular weight excluding hydrogens is 1790 g/mol. The third kappa shape index (κ3) is 23.6. The second-order valence-electron chi connectivity index (χ2n) is 33.0. The van der Waals surface area contributed by atoms with Gasteiger partial charge in [-0.2, -0.15) is 26.3 Å². The molecule has 17 rings (SSSR count). The zero-order chi connectivity index (χ0) is 95.5. The van der Waals surface area contributed by atoms with Crippen LogP contribution >= 0.6 is 65.3 Å². The van der Waals surface area contributed by atoms with Crippen LogP contribution in [0, 0.1) is 82.7 Å². The number of nitrogens with zero attached hydrogens (tertiary/aromatic N) is 17. The number of benzene rings is 8. The van der Waals surface area contributed by atoms with Gasteiger partial charge in [0.25, 0.3) is 0 Å². The van der Waals surface area contributed by atoms with Crippen molar-refractivity contribution < 1.29 is 14.2 Å². The van der Waals surface area contributed by atoms with E-state index in [4.69, 9.17) is 95.5 Å². The van der Waals surface area contributed by atoms with E-state index < -0.39 is 17.1 Å². The molecule has 7 aromatic heterocycles. The number of anilines is 7. The van der Waals surface area contributed by atoms with Gasteiger partial charge in [0.15, 0.2) is 17.1 Å². The first-order chi connectivity index (χ1) is 63.0. The molecule has 9 heterocycles. The average Bonchev–Trinajstić information content (AvgIpc) is 0.769. The monoisotopic (exact) mass is 1870 g/mol. The van der Waals surface area contributed by atoms with Crippen molar-refractivity contribution >= 4 is 144 Å². The van der Waals surface area contributed by atoms with Gasteiger partial charge in [-0.3, -0.25) is 29.4 Å². The Morgan fingerprint density at radius 3 is 1.51 bits per heavy atom. The summed E-state index contributed by atoms with van der Waals surface area (Å²) in [7, 11) is -1.57. The van der Waals surface area contributed by atoms with E-state index in [1.165, 1.54) is 52.6 Å². The number of halogens is 6. The Morgan fingerprint density at radius 1 is 0.508 bits per heavy atom. The molecule has 666 valence electrons. The van der Waals surface area contributed by atoms with E-state index in [1.807, 2.05) is 81.9 Å². The lowest BCUT2D eigenvalue weighted by molar-refractivity contribution is -0.385. The summed E-state index contributed by atoms with van der Waals surface area (Å²) in [5.41, 5.74) is 29.8. The lowest BCUT2D eigenvalue weighted by Crippen LogP contribution is -2.45. The quantitative estimate of drug-likeness (QED) is 0.0290. The molecule has 2 aliphatic rings. The molecule has 0 saturated carbocycles. The summed E-state index contributed by atoms with van der Waals surface area (Å²) < 4.78 is 17.5. The van der Waals surface area contributed by atoms with Gasteiger partial charge in [0.2, 0.25) is 11.0 Å². The van der Waals surface area contributed by atoms with Gasteiger partial charge >= 0.3 is 11.4 Å². The maximum Gasteiger partial charge on any atom is 0.311 e. The highest BCUT2D eigenvalue weighted by Crippen LogP contribution is 2.85. The van der Waals surface area contributed by atoms with Crippen LogP contribution in [0.2, 0.25) is 25.8 Å². The summed E-state index contributed by atoms with van der Waals surface area (Å²) in [5, 5.41) is 73.9. The van der Waals surface area contributed by atoms with Crippen molar-refractivity contribution in [2.24, 2.45) is 0 Å². The number of nitrogens with one attached hydrogen (secondary N) is 2. The number of imidazole rings is 2. The van der Waals surface area contributed by atoms with Crippen LogP contribution in [0.15, 0.2) is 255 Å². The summed E-state index contributed by atoms with van der Waals surface area (Å²) in [6.45, 7) is 27.8. The first-order valence-corrected chi connectivity index (χ1v) is 45.3. The third-order valence-corrected chi connectivity index (χ3v) is 29.6. The minimum atomic E-state index is -1.57. The van der Waals surface area contributed by atoms with Crippen molar-refractivity contribution in [3.63, 3.8) is 0 Å². The number of pyridine rings is 5. The topological polar surface area (TPSA) is 385 Å². The number of hydrogen-bond acceptors (Lipinski definition) is 21. The molecular formula is C100H91Cl5FN21O4P+. The molecule has 6 N–H and O–H groups in total. The number of nitriles is 5. The number of nitrogen functional groups attached to an aromatic ring is 2. The van der Waals surface area contributed by atoms with Gasteiger partial charge in [0.1, 0.15) is 61.2 Å². The van der Waals surface area contributed by atoms with E-state index in [2.05, 4.69) is 176 Å². The van der Waals surface area contributed by atoms with Gasteiger partial charge in [0, 0.05) is 58.2 Å². The van der Waals surface area contributed by atoms with Crippen LogP contribution in [-0.4, -0.2) is 70.7 Å². The van der Waals surface area contributed by atoms with Gasteiger partial charge in [-0.05, 0) is 253 Å². The van der Waals surface area contributed by atoms with Crippen molar-refractivity contribution in [1.29, 1.82) is 26.3 Å². The second-order valence-corrected chi connectivity index (χ2v) is 40.3. The lowest BCUT2D eigenvalue weighted by atomic mass is 9.84. The van der Waals surface area contributed by atoms with Crippen molar-refractivity contribution in [2.75, 3.05) is 33.5 Å². The number of aromatic nitrogens is 9. The zero-order valence-corrected chi connectivity index (χ0v) is 78.5. The molecule has 132 heavy (non-hydrogen) atoms.